The molecule has 0 radical (unpaired) electrons. The molecule has 0 aliphatic carbocycles. The highest BCUT2D eigenvalue weighted by Crippen LogP contribution is 2.15. The van der Waals surface area contributed by atoms with Crippen LogP contribution in [0.2, 0.25) is 5.02 Å². The summed E-state index contributed by atoms with van der Waals surface area (Å²) >= 11 is 5.80. The minimum Gasteiger partial charge on any atom is -0.328 e. The number of hydrogen-bond acceptors (Lipinski definition) is 3. The van der Waals surface area contributed by atoms with Crippen molar-refractivity contribution in [1.29, 1.82) is 0 Å². The van der Waals surface area contributed by atoms with E-state index in [9.17, 15) is 4.79 Å². The van der Waals surface area contributed by atoms with Gasteiger partial charge in [0.2, 0.25) is 0 Å². The fourth-order valence-corrected chi connectivity index (χ4v) is 1.20. The fourth-order valence-electron chi connectivity index (χ4n) is 0.985. The van der Waals surface area contributed by atoms with Crippen LogP contribution < -0.4 is 5.73 Å². The Bertz CT molecular complexity index is 312. The van der Waals surface area contributed by atoms with E-state index in [2.05, 4.69) is 4.98 Å². The molecule has 0 saturated heterocycles. The maximum Gasteiger partial charge on any atom is 0.167 e. The third-order valence-electron chi connectivity index (χ3n) is 1.58. The van der Waals surface area contributed by atoms with Gasteiger partial charge in [0.1, 0.15) is 0 Å². The zero-order valence-electron chi connectivity index (χ0n) is 7.33. The van der Waals surface area contributed by atoms with Gasteiger partial charge in [-0.3, -0.25) is 9.78 Å². The Labute approximate surface area is 81.9 Å². The van der Waals surface area contributed by atoms with E-state index in [1.807, 2.05) is 0 Å². The van der Waals surface area contributed by atoms with Crippen molar-refractivity contribution in [2.45, 2.75) is 19.4 Å². The molecule has 3 nitrogen and oxygen atoms in total. The average molecular weight is 199 g/mol. The lowest BCUT2D eigenvalue weighted by Gasteiger charge is -2.04. The molecule has 1 rings (SSSR count). The summed E-state index contributed by atoms with van der Waals surface area (Å²) < 4.78 is 0. The average Bonchev–Trinajstić information content (AvgIpc) is 2.03. The summed E-state index contributed by atoms with van der Waals surface area (Å²) in [7, 11) is 0. The Kier molecular flexibility index (Phi) is 3.39. The topological polar surface area (TPSA) is 56.0 Å². The van der Waals surface area contributed by atoms with E-state index in [1.54, 1.807) is 19.2 Å². The van der Waals surface area contributed by atoms with Gasteiger partial charge in [0.15, 0.2) is 5.78 Å². The predicted molar refractivity (Wildman–Crippen MR) is 51.8 cm³/mol. The van der Waals surface area contributed by atoms with Gasteiger partial charge in [-0.25, -0.2) is 0 Å². The Hall–Kier alpha value is -0.930. The summed E-state index contributed by atoms with van der Waals surface area (Å²) in [6.07, 6.45) is 3.31. The van der Waals surface area contributed by atoms with Crippen LogP contribution >= 0.6 is 11.6 Å². The lowest BCUT2D eigenvalue weighted by Crippen LogP contribution is -2.19. The summed E-state index contributed by atoms with van der Waals surface area (Å²) in [6, 6.07) is 1.44. The molecule has 1 atom stereocenters. The van der Waals surface area contributed by atoms with Gasteiger partial charge in [-0.2, -0.15) is 0 Å². The summed E-state index contributed by atoms with van der Waals surface area (Å²) in [5.41, 5.74) is 5.94. The number of Topliss-reactive ketones (excluding diaryl/α,β-unsaturated/α-hetero) is 1. The Morgan fingerprint density at radius 3 is 3.00 bits per heavy atom. The molecule has 0 aromatic carbocycles. The standard InChI is InChI=1S/C9H11ClN2O/c1-6(11)4-9(13)7-5-12-3-2-8(7)10/h2-3,5-6H,4,11H2,1H3. The first-order chi connectivity index (χ1) is 6.11. The molecule has 1 heterocycles. The van der Waals surface area contributed by atoms with E-state index in [0.29, 0.717) is 17.0 Å². The quantitative estimate of drug-likeness (QED) is 0.752. The smallest absolute Gasteiger partial charge is 0.167 e. The number of hydrogen-bond donors (Lipinski definition) is 1. The van der Waals surface area contributed by atoms with Gasteiger partial charge in [0.05, 0.1) is 10.6 Å². The van der Waals surface area contributed by atoms with Crippen molar-refractivity contribution >= 4 is 17.4 Å². The van der Waals surface area contributed by atoms with Crippen molar-refractivity contribution < 1.29 is 4.79 Å². The number of aromatic nitrogens is 1. The van der Waals surface area contributed by atoms with Crippen LogP contribution in [0.15, 0.2) is 18.5 Å². The van der Waals surface area contributed by atoms with E-state index < -0.39 is 0 Å². The first-order valence-electron chi connectivity index (χ1n) is 3.99. The molecular weight excluding hydrogens is 188 g/mol. The van der Waals surface area contributed by atoms with Gasteiger partial charge in [-0.15, -0.1) is 0 Å². The number of nitrogens with two attached hydrogens (primary N) is 1. The van der Waals surface area contributed by atoms with Crippen LogP contribution in [0.1, 0.15) is 23.7 Å². The summed E-state index contributed by atoms with van der Waals surface area (Å²) in [5, 5.41) is 0.431. The highest BCUT2D eigenvalue weighted by atomic mass is 35.5. The number of nitrogens with zero attached hydrogens (tertiary/aromatic N) is 1. The van der Waals surface area contributed by atoms with Gasteiger partial charge in [-0.1, -0.05) is 11.6 Å². The van der Waals surface area contributed by atoms with Crippen molar-refractivity contribution in [3.8, 4) is 0 Å². The molecule has 13 heavy (non-hydrogen) atoms. The Morgan fingerprint density at radius 1 is 1.77 bits per heavy atom. The molecule has 0 spiro atoms. The Morgan fingerprint density at radius 2 is 2.46 bits per heavy atom. The minimum atomic E-state index is -0.149. The maximum absolute atomic E-state index is 11.5. The fraction of sp³-hybridized carbons (Fsp3) is 0.333. The van der Waals surface area contributed by atoms with Gasteiger partial charge < -0.3 is 5.73 Å². The summed E-state index contributed by atoms with van der Waals surface area (Å²) in [5.74, 6) is -0.0619. The van der Waals surface area contributed by atoms with Crippen LogP contribution in [0.5, 0.6) is 0 Å². The first-order valence-corrected chi connectivity index (χ1v) is 4.37. The summed E-state index contributed by atoms with van der Waals surface area (Å²) in [6.45, 7) is 1.78. The third kappa shape index (κ3) is 2.79. The SMILES string of the molecule is CC(N)CC(=O)c1cnccc1Cl. The second-order valence-electron chi connectivity index (χ2n) is 2.96. The normalized spacial score (nSPS) is 12.5. The monoisotopic (exact) mass is 198 g/mol. The molecule has 4 heteroatoms. The maximum atomic E-state index is 11.5. The number of halogens is 1. The highest BCUT2D eigenvalue weighted by Gasteiger charge is 2.11. The number of carbonyl (C=O) groups excluding carboxylic acids is 1. The van der Waals surface area contributed by atoms with Gasteiger partial charge >= 0.3 is 0 Å². The lowest BCUT2D eigenvalue weighted by atomic mass is 10.1. The molecule has 70 valence electrons. The van der Waals surface area contributed by atoms with Crippen molar-refractivity contribution in [2.75, 3.05) is 0 Å². The number of pyridine rings is 1. The molecule has 0 bridgehead atoms. The van der Waals surface area contributed by atoms with Gasteiger partial charge in [0, 0.05) is 24.9 Å². The van der Waals surface area contributed by atoms with Crippen molar-refractivity contribution in [2.24, 2.45) is 5.73 Å². The third-order valence-corrected chi connectivity index (χ3v) is 1.91. The summed E-state index contributed by atoms with van der Waals surface area (Å²) in [4.78, 5) is 15.3. The van der Waals surface area contributed by atoms with E-state index in [4.69, 9.17) is 17.3 Å². The molecule has 1 aromatic rings. The van der Waals surface area contributed by atoms with Crippen LogP contribution in [0.25, 0.3) is 0 Å². The van der Waals surface area contributed by atoms with Crippen LogP contribution in [-0.2, 0) is 0 Å². The van der Waals surface area contributed by atoms with Gasteiger partial charge in [-0.05, 0) is 13.0 Å². The number of ketones is 1. The van der Waals surface area contributed by atoms with Crippen LogP contribution in [0.3, 0.4) is 0 Å². The highest BCUT2D eigenvalue weighted by molar-refractivity contribution is 6.33. The van der Waals surface area contributed by atoms with E-state index in [1.165, 1.54) is 6.20 Å². The van der Waals surface area contributed by atoms with Crippen molar-refractivity contribution in [3.63, 3.8) is 0 Å². The van der Waals surface area contributed by atoms with Crippen LogP contribution in [0.4, 0.5) is 0 Å². The molecule has 0 aliphatic heterocycles. The molecule has 0 saturated carbocycles. The molecular formula is C9H11ClN2O. The zero-order chi connectivity index (χ0) is 9.84. The minimum absolute atomic E-state index is 0.0619. The van der Waals surface area contributed by atoms with Crippen LogP contribution in [0, 0.1) is 0 Å². The van der Waals surface area contributed by atoms with Crippen molar-refractivity contribution in [3.05, 3.63) is 29.0 Å². The molecule has 1 aromatic heterocycles. The molecule has 0 aliphatic rings. The van der Waals surface area contributed by atoms with Gasteiger partial charge in [0.25, 0.3) is 0 Å². The largest absolute Gasteiger partial charge is 0.328 e. The number of carbonyl (C=O) groups is 1. The lowest BCUT2D eigenvalue weighted by molar-refractivity contribution is 0.0976. The number of rotatable bonds is 3. The zero-order valence-corrected chi connectivity index (χ0v) is 8.08. The first kappa shape index (κ1) is 10.2. The van der Waals surface area contributed by atoms with E-state index in [-0.39, 0.29) is 11.8 Å². The van der Waals surface area contributed by atoms with E-state index >= 15 is 0 Å². The second kappa shape index (κ2) is 4.35. The Balaban J connectivity index is 2.83. The molecule has 1 unspecified atom stereocenters. The predicted octanol–water partition coefficient (Wildman–Crippen LogP) is 1.66. The molecule has 0 fully saturated rings. The molecule has 0 amide bonds. The van der Waals surface area contributed by atoms with Crippen molar-refractivity contribution in [1.82, 2.24) is 4.98 Å². The second-order valence-corrected chi connectivity index (χ2v) is 3.37. The van der Waals surface area contributed by atoms with E-state index in [0.717, 1.165) is 0 Å². The molecule has 2 N–H and O–H groups in total. The van der Waals surface area contributed by atoms with Crippen LogP contribution in [-0.4, -0.2) is 16.8 Å².